The van der Waals surface area contributed by atoms with E-state index in [2.05, 4.69) is 28.6 Å². The molecule has 0 radical (unpaired) electrons. The van der Waals surface area contributed by atoms with E-state index in [0.717, 1.165) is 49.6 Å². The Hall–Kier alpha value is -1.29. The number of carbonyl (C=O) groups excluding carboxylic acids is 1. The Morgan fingerprint density at radius 2 is 2.12 bits per heavy atom. The molecule has 1 aromatic rings. The number of rotatable bonds is 4. The van der Waals surface area contributed by atoms with Crippen molar-refractivity contribution in [2.75, 3.05) is 18.0 Å². The highest BCUT2D eigenvalue weighted by Gasteiger charge is 2.49. The van der Waals surface area contributed by atoms with Gasteiger partial charge in [-0.3, -0.25) is 4.79 Å². The first-order valence-electron chi connectivity index (χ1n) is 10.2. The van der Waals surface area contributed by atoms with Crippen molar-refractivity contribution in [3.05, 3.63) is 23.4 Å². The summed E-state index contributed by atoms with van der Waals surface area (Å²) in [6, 6.07) is 4.62. The lowest BCUT2D eigenvalue weighted by molar-refractivity contribution is -0.149. The molecule has 4 rings (SSSR count). The Kier molecular flexibility index (Phi) is 5.13. The van der Waals surface area contributed by atoms with Gasteiger partial charge in [-0.25, -0.2) is 4.98 Å². The van der Waals surface area contributed by atoms with E-state index in [1.54, 1.807) is 0 Å². The maximum atomic E-state index is 12.8. The van der Waals surface area contributed by atoms with Crippen LogP contribution in [0.25, 0.3) is 0 Å². The van der Waals surface area contributed by atoms with Gasteiger partial charge in [0.15, 0.2) is 0 Å². The van der Waals surface area contributed by atoms with Gasteiger partial charge in [-0.1, -0.05) is 25.4 Å². The zero-order valence-corrected chi connectivity index (χ0v) is 16.7. The van der Waals surface area contributed by atoms with Crippen LogP contribution < -0.4 is 4.90 Å². The Bertz CT molecular complexity index is 664. The van der Waals surface area contributed by atoms with Crippen LogP contribution in [0, 0.1) is 17.8 Å². The van der Waals surface area contributed by atoms with E-state index in [1.807, 2.05) is 18.3 Å². The molecule has 1 amide bonds. The topological polar surface area (TPSA) is 36.4 Å². The maximum absolute atomic E-state index is 12.8. The van der Waals surface area contributed by atoms with Crippen molar-refractivity contribution in [3.8, 4) is 0 Å². The van der Waals surface area contributed by atoms with Crippen molar-refractivity contribution in [3.63, 3.8) is 0 Å². The molecule has 26 heavy (non-hydrogen) atoms. The van der Waals surface area contributed by atoms with Crippen molar-refractivity contribution < 1.29 is 4.79 Å². The summed E-state index contributed by atoms with van der Waals surface area (Å²) in [4.78, 5) is 22.1. The number of nitrogens with zero attached hydrogens (tertiary/aromatic N) is 3. The number of amides is 1. The molecular formula is C21H30ClN3O. The van der Waals surface area contributed by atoms with E-state index in [0.29, 0.717) is 35.7 Å². The lowest BCUT2D eigenvalue weighted by atomic mass is 9.71. The predicted octanol–water partition coefficient (Wildman–Crippen LogP) is 4.38. The summed E-state index contributed by atoms with van der Waals surface area (Å²) in [5.74, 6) is 3.07. The quantitative estimate of drug-likeness (QED) is 0.783. The van der Waals surface area contributed by atoms with Gasteiger partial charge in [0.1, 0.15) is 5.82 Å². The van der Waals surface area contributed by atoms with Crippen LogP contribution in [0.4, 0.5) is 5.82 Å². The lowest BCUT2D eigenvalue weighted by Gasteiger charge is -2.57. The summed E-state index contributed by atoms with van der Waals surface area (Å²) in [5, 5.41) is 0.739. The minimum Gasteiger partial charge on any atom is -0.355 e. The van der Waals surface area contributed by atoms with Crippen LogP contribution in [0.2, 0.25) is 5.02 Å². The third-order valence-corrected chi connectivity index (χ3v) is 6.87. The number of anilines is 1. The molecule has 0 saturated carbocycles. The normalized spacial score (nSPS) is 31.3. The predicted molar refractivity (Wildman–Crippen MR) is 105 cm³/mol. The summed E-state index contributed by atoms with van der Waals surface area (Å²) < 4.78 is 0. The van der Waals surface area contributed by atoms with Crippen molar-refractivity contribution in [2.45, 2.75) is 64.5 Å². The highest BCUT2D eigenvalue weighted by atomic mass is 35.5. The third-order valence-electron chi connectivity index (χ3n) is 6.58. The van der Waals surface area contributed by atoms with E-state index >= 15 is 0 Å². The Balaban J connectivity index is 1.62. The highest BCUT2D eigenvalue weighted by molar-refractivity contribution is 6.32. The summed E-state index contributed by atoms with van der Waals surface area (Å²) in [5.41, 5.74) is 0. The van der Waals surface area contributed by atoms with E-state index in [1.165, 1.54) is 12.8 Å². The number of hydrogen-bond acceptors (Lipinski definition) is 3. The minimum atomic E-state index is 0.386. The van der Waals surface area contributed by atoms with E-state index in [-0.39, 0.29) is 0 Å². The molecule has 1 aromatic heterocycles. The molecule has 4 nitrogen and oxygen atoms in total. The highest BCUT2D eigenvalue weighted by Crippen LogP contribution is 2.44. The molecule has 3 fully saturated rings. The van der Waals surface area contributed by atoms with Gasteiger partial charge in [0, 0.05) is 37.8 Å². The van der Waals surface area contributed by atoms with Crippen LogP contribution in [0.15, 0.2) is 18.3 Å². The van der Waals surface area contributed by atoms with Crippen molar-refractivity contribution in [1.29, 1.82) is 0 Å². The first-order chi connectivity index (χ1) is 12.5. The first-order valence-corrected chi connectivity index (χ1v) is 10.6. The Labute approximate surface area is 161 Å². The average Bonchev–Trinajstić information content (AvgIpc) is 2.62. The van der Waals surface area contributed by atoms with Crippen LogP contribution in [0.1, 0.15) is 52.4 Å². The van der Waals surface area contributed by atoms with Gasteiger partial charge in [0.2, 0.25) is 5.91 Å². The summed E-state index contributed by atoms with van der Waals surface area (Å²) in [6.07, 6.45) is 8.33. The maximum Gasteiger partial charge on any atom is 0.223 e. The molecule has 0 unspecified atom stereocenters. The molecule has 4 atom stereocenters. The molecule has 2 bridgehead atoms. The zero-order valence-electron chi connectivity index (χ0n) is 15.9. The molecular weight excluding hydrogens is 346 g/mol. The SMILES string of the molecule is CC(C)CC[C@H]1[C@H]2C[C@H](CN(c3ncccc3Cl)C2)[C@@H]2CCCC(=O)N21. The van der Waals surface area contributed by atoms with Crippen LogP contribution >= 0.6 is 11.6 Å². The van der Waals surface area contributed by atoms with Crippen LogP contribution in [-0.2, 0) is 4.79 Å². The fourth-order valence-corrected chi connectivity index (χ4v) is 5.68. The second-order valence-corrected chi connectivity index (χ2v) is 9.18. The number of aromatic nitrogens is 1. The number of carbonyl (C=O) groups is 1. The average molecular weight is 376 g/mol. The van der Waals surface area contributed by atoms with Gasteiger partial charge in [-0.05, 0) is 62.0 Å². The number of halogens is 1. The fraction of sp³-hybridized carbons (Fsp3) is 0.714. The summed E-state index contributed by atoms with van der Waals surface area (Å²) in [7, 11) is 0. The summed E-state index contributed by atoms with van der Waals surface area (Å²) >= 11 is 6.45. The van der Waals surface area contributed by atoms with Gasteiger partial charge < -0.3 is 9.80 Å². The van der Waals surface area contributed by atoms with Crippen LogP contribution in [0.5, 0.6) is 0 Å². The van der Waals surface area contributed by atoms with Crippen LogP contribution in [0.3, 0.4) is 0 Å². The molecule has 0 N–H and O–H groups in total. The largest absolute Gasteiger partial charge is 0.355 e. The minimum absolute atomic E-state index is 0.386. The van der Waals surface area contributed by atoms with Gasteiger partial charge in [-0.2, -0.15) is 0 Å². The number of pyridine rings is 1. The molecule has 3 saturated heterocycles. The zero-order chi connectivity index (χ0) is 18.3. The van der Waals surface area contributed by atoms with Crippen molar-refractivity contribution in [1.82, 2.24) is 9.88 Å². The first kappa shape index (κ1) is 18.1. The second kappa shape index (κ2) is 7.38. The molecule has 3 aliphatic rings. The standard InChI is InChI=1S/C21H30ClN3O/c1-14(2)8-9-19-16-11-15(18-6-3-7-20(26)25(18)19)12-24(13-16)21-17(22)5-4-10-23-21/h4-5,10,14-16,18-19H,3,6-9,11-13H2,1-2H3/t15-,16+,18+,19+/m1/s1. The van der Waals surface area contributed by atoms with Gasteiger partial charge in [0.05, 0.1) is 5.02 Å². The summed E-state index contributed by atoms with van der Waals surface area (Å²) in [6.45, 7) is 6.50. The molecule has 0 aromatic carbocycles. The molecule has 142 valence electrons. The Morgan fingerprint density at radius 3 is 2.88 bits per heavy atom. The molecule has 3 aliphatic heterocycles. The van der Waals surface area contributed by atoms with E-state index in [9.17, 15) is 4.79 Å². The van der Waals surface area contributed by atoms with Gasteiger partial charge in [0.25, 0.3) is 0 Å². The third kappa shape index (κ3) is 3.33. The van der Waals surface area contributed by atoms with Crippen LogP contribution in [-0.4, -0.2) is 41.0 Å². The van der Waals surface area contributed by atoms with Crippen molar-refractivity contribution in [2.24, 2.45) is 17.8 Å². The van der Waals surface area contributed by atoms with Gasteiger partial charge >= 0.3 is 0 Å². The van der Waals surface area contributed by atoms with Crippen molar-refractivity contribution >= 4 is 23.3 Å². The smallest absolute Gasteiger partial charge is 0.223 e. The molecule has 0 spiro atoms. The molecule has 0 aliphatic carbocycles. The fourth-order valence-electron chi connectivity index (χ4n) is 5.43. The molecule has 4 heterocycles. The van der Waals surface area contributed by atoms with E-state index < -0.39 is 0 Å². The monoisotopic (exact) mass is 375 g/mol. The molecule has 5 heteroatoms. The number of fused-ring (bicyclic) bond motifs is 4. The van der Waals surface area contributed by atoms with Gasteiger partial charge in [-0.15, -0.1) is 0 Å². The van der Waals surface area contributed by atoms with E-state index in [4.69, 9.17) is 11.6 Å². The number of piperidine rings is 3. The lowest BCUT2D eigenvalue weighted by Crippen LogP contribution is -2.65. The Morgan fingerprint density at radius 1 is 1.31 bits per heavy atom. The second-order valence-electron chi connectivity index (χ2n) is 8.77. The number of hydrogen-bond donors (Lipinski definition) is 0.